The van der Waals surface area contributed by atoms with Crippen LogP contribution in [0.1, 0.15) is 105 Å². The zero-order valence-electron chi connectivity index (χ0n) is 27.1. The fourth-order valence-electron chi connectivity index (χ4n) is 9.34. The Hall–Kier alpha value is -0.500. The summed E-state index contributed by atoms with van der Waals surface area (Å²) < 4.78 is 15.0. The standard InChI is InChI=1S/C27H46O.C8H18O5/c1-18(2)7-6-8-19(3)23-11-12-24-22-10-9-20-17-21(28)13-15-26(20,4)25(22)14-16-27(23,24)5;9-1-3-11-5-7-13-8-6-12-4-2-10/h9,18-19,21-25,28H,6-8,10-17H2,1-5H3;9-10H,1-8H2/t19-,21+,22+,23-,24+,25+,26+,27-;/m1./s1. The lowest BCUT2D eigenvalue weighted by Gasteiger charge is -2.58. The molecule has 0 radical (unpaired) electrons. The molecule has 4 aliphatic rings. The second kappa shape index (κ2) is 17.1. The molecule has 41 heavy (non-hydrogen) atoms. The summed E-state index contributed by atoms with van der Waals surface area (Å²) in [5.74, 6) is 5.46. The van der Waals surface area contributed by atoms with E-state index in [2.05, 4.69) is 40.7 Å². The van der Waals surface area contributed by atoms with Gasteiger partial charge in [-0.05, 0) is 97.7 Å². The maximum absolute atomic E-state index is 10.2. The van der Waals surface area contributed by atoms with Gasteiger partial charge in [-0.2, -0.15) is 0 Å². The van der Waals surface area contributed by atoms with Gasteiger partial charge in [-0.3, -0.25) is 0 Å². The van der Waals surface area contributed by atoms with Gasteiger partial charge in [0.2, 0.25) is 0 Å². The first kappa shape index (κ1) is 35.0. The number of rotatable bonds is 15. The van der Waals surface area contributed by atoms with Gasteiger partial charge in [0, 0.05) is 0 Å². The van der Waals surface area contributed by atoms with Crippen molar-refractivity contribution < 1.29 is 29.5 Å². The minimum atomic E-state index is -0.0766. The Labute approximate surface area is 251 Å². The van der Waals surface area contributed by atoms with Gasteiger partial charge in [0.05, 0.1) is 59.0 Å². The van der Waals surface area contributed by atoms with E-state index in [0.29, 0.717) is 50.5 Å². The molecule has 4 rings (SSSR count). The Morgan fingerprint density at radius 3 is 2.05 bits per heavy atom. The molecule has 8 atom stereocenters. The summed E-state index contributed by atoms with van der Waals surface area (Å²) in [6.45, 7) is 15.3. The average Bonchev–Trinajstić information content (AvgIpc) is 3.30. The molecule has 0 aromatic carbocycles. The van der Waals surface area contributed by atoms with Gasteiger partial charge in [0.1, 0.15) is 0 Å². The fourth-order valence-corrected chi connectivity index (χ4v) is 9.34. The number of hydrogen-bond donors (Lipinski definition) is 3. The number of fused-ring (bicyclic) bond motifs is 5. The summed E-state index contributed by atoms with van der Waals surface area (Å²) in [5, 5.41) is 26.9. The quantitative estimate of drug-likeness (QED) is 0.153. The molecule has 0 spiro atoms. The summed E-state index contributed by atoms with van der Waals surface area (Å²) in [5.41, 5.74) is 2.60. The van der Waals surface area contributed by atoms with Gasteiger partial charge in [-0.25, -0.2) is 0 Å². The monoisotopic (exact) mass is 580 g/mol. The highest BCUT2D eigenvalue weighted by molar-refractivity contribution is 5.25. The summed E-state index contributed by atoms with van der Waals surface area (Å²) in [7, 11) is 0. The van der Waals surface area contributed by atoms with Crippen molar-refractivity contribution in [1.29, 1.82) is 0 Å². The van der Waals surface area contributed by atoms with Gasteiger partial charge in [0.15, 0.2) is 0 Å². The van der Waals surface area contributed by atoms with E-state index in [9.17, 15) is 5.11 Å². The SMILES string of the molecule is CC(C)CCC[C@@H](C)[C@H]1CC[C@H]2[C@@H]3CC=C4C[C@@H](O)CC[C@]4(C)[C@H]3CC[C@]12C.OCCOCCOCCOCCO. The van der Waals surface area contributed by atoms with Crippen molar-refractivity contribution >= 4 is 0 Å². The first-order valence-corrected chi connectivity index (χ1v) is 17.0. The van der Waals surface area contributed by atoms with Crippen molar-refractivity contribution in [3.63, 3.8) is 0 Å². The van der Waals surface area contributed by atoms with E-state index < -0.39 is 0 Å². The van der Waals surface area contributed by atoms with E-state index in [1.807, 2.05) is 0 Å². The van der Waals surface area contributed by atoms with E-state index in [0.717, 1.165) is 48.3 Å². The molecule has 0 bridgehead atoms. The van der Waals surface area contributed by atoms with Crippen molar-refractivity contribution in [1.82, 2.24) is 0 Å². The summed E-state index contributed by atoms with van der Waals surface area (Å²) in [4.78, 5) is 0. The van der Waals surface area contributed by atoms with E-state index in [-0.39, 0.29) is 19.3 Å². The van der Waals surface area contributed by atoms with Gasteiger partial charge >= 0.3 is 0 Å². The minimum Gasteiger partial charge on any atom is -0.394 e. The third kappa shape index (κ3) is 9.25. The summed E-state index contributed by atoms with van der Waals surface area (Å²) in [6, 6.07) is 0. The first-order valence-electron chi connectivity index (χ1n) is 17.0. The van der Waals surface area contributed by atoms with E-state index in [1.54, 1.807) is 5.57 Å². The van der Waals surface area contributed by atoms with Crippen molar-refractivity contribution in [3.05, 3.63) is 11.6 Å². The predicted molar refractivity (Wildman–Crippen MR) is 166 cm³/mol. The highest BCUT2D eigenvalue weighted by Gasteiger charge is 2.59. The molecule has 0 aliphatic heterocycles. The highest BCUT2D eigenvalue weighted by Crippen LogP contribution is 2.67. The van der Waals surface area contributed by atoms with Gasteiger partial charge in [-0.15, -0.1) is 0 Å². The van der Waals surface area contributed by atoms with Crippen LogP contribution in [0.2, 0.25) is 0 Å². The van der Waals surface area contributed by atoms with Crippen LogP contribution >= 0.6 is 0 Å². The second-order valence-corrected chi connectivity index (χ2v) is 14.5. The van der Waals surface area contributed by atoms with Crippen molar-refractivity contribution in [2.45, 2.75) is 111 Å². The molecule has 4 aliphatic carbocycles. The number of ether oxygens (including phenoxy) is 3. The molecule has 0 aromatic rings. The van der Waals surface area contributed by atoms with Crippen LogP contribution in [-0.4, -0.2) is 74.3 Å². The van der Waals surface area contributed by atoms with Gasteiger partial charge in [0.25, 0.3) is 0 Å². The van der Waals surface area contributed by atoms with Crippen LogP contribution in [-0.2, 0) is 14.2 Å². The fraction of sp³-hybridized carbons (Fsp3) is 0.943. The molecule has 0 heterocycles. The molecule has 6 nitrogen and oxygen atoms in total. The molecule has 0 aromatic heterocycles. The normalized spacial score (nSPS) is 35.1. The van der Waals surface area contributed by atoms with Crippen LogP contribution in [0.25, 0.3) is 0 Å². The Bertz CT molecular complexity index is 760. The van der Waals surface area contributed by atoms with Crippen LogP contribution in [0.3, 0.4) is 0 Å². The molecular formula is C35H64O6. The predicted octanol–water partition coefficient (Wildman–Crippen LogP) is 6.41. The van der Waals surface area contributed by atoms with Crippen molar-refractivity contribution in [3.8, 4) is 0 Å². The molecular weight excluding hydrogens is 516 g/mol. The second-order valence-electron chi connectivity index (χ2n) is 14.5. The smallest absolute Gasteiger partial charge is 0.0701 e. The third-order valence-corrected chi connectivity index (χ3v) is 11.5. The molecule has 0 amide bonds. The molecule has 240 valence electrons. The number of aliphatic hydroxyl groups excluding tert-OH is 3. The molecule has 3 fully saturated rings. The van der Waals surface area contributed by atoms with Crippen molar-refractivity contribution in [2.24, 2.45) is 46.3 Å². The van der Waals surface area contributed by atoms with Crippen LogP contribution in [0, 0.1) is 46.3 Å². The largest absolute Gasteiger partial charge is 0.394 e. The Morgan fingerprint density at radius 1 is 0.805 bits per heavy atom. The number of aliphatic hydroxyl groups is 3. The molecule has 0 unspecified atom stereocenters. The van der Waals surface area contributed by atoms with E-state index in [1.165, 1.54) is 57.8 Å². The van der Waals surface area contributed by atoms with Crippen LogP contribution in [0.4, 0.5) is 0 Å². The maximum Gasteiger partial charge on any atom is 0.0701 e. The Morgan fingerprint density at radius 2 is 1.44 bits per heavy atom. The van der Waals surface area contributed by atoms with Gasteiger partial charge < -0.3 is 29.5 Å². The third-order valence-electron chi connectivity index (χ3n) is 11.5. The average molecular weight is 581 g/mol. The van der Waals surface area contributed by atoms with E-state index >= 15 is 0 Å². The Kier molecular flexibility index (Phi) is 14.6. The lowest BCUT2D eigenvalue weighted by molar-refractivity contribution is -0.0573. The lowest BCUT2D eigenvalue weighted by Crippen LogP contribution is -2.50. The summed E-state index contributed by atoms with van der Waals surface area (Å²) >= 11 is 0. The zero-order chi connectivity index (χ0) is 29.9. The lowest BCUT2D eigenvalue weighted by atomic mass is 9.47. The van der Waals surface area contributed by atoms with Crippen molar-refractivity contribution in [2.75, 3.05) is 52.9 Å². The summed E-state index contributed by atoms with van der Waals surface area (Å²) in [6.07, 6.45) is 17.2. The molecule has 3 N–H and O–H groups in total. The van der Waals surface area contributed by atoms with Crippen LogP contribution < -0.4 is 0 Å². The molecule has 3 saturated carbocycles. The topological polar surface area (TPSA) is 88.4 Å². The van der Waals surface area contributed by atoms with Crippen LogP contribution in [0.15, 0.2) is 11.6 Å². The number of allylic oxidation sites excluding steroid dienone is 1. The Balaban J connectivity index is 0.000000302. The zero-order valence-corrected chi connectivity index (χ0v) is 27.1. The minimum absolute atomic E-state index is 0.0413. The first-order chi connectivity index (χ1) is 19.7. The number of hydrogen-bond acceptors (Lipinski definition) is 6. The maximum atomic E-state index is 10.2. The highest BCUT2D eigenvalue weighted by atomic mass is 16.5. The van der Waals surface area contributed by atoms with Crippen LogP contribution in [0.5, 0.6) is 0 Å². The van der Waals surface area contributed by atoms with E-state index in [4.69, 9.17) is 24.4 Å². The molecule has 0 saturated heterocycles. The van der Waals surface area contributed by atoms with Gasteiger partial charge in [-0.1, -0.05) is 65.5 Å². The molecule has 6 heteroatoms.